The Morgan fingerprint density at radius 3 is 3.00 bits per heavy atom. The van der Waals surface area contributed by atoms with Crippen LogP contribution in [-0.4, -0.2) is 16.3 Å². The minimum Gasteiger partial charge on any atom is -0.457 e. The lowest BCUT2D eigenvalue weighted by molar-refractivity contribution is 0.109. The van der Waals surface area contributed by atoms with Crippen LogP contribution in [0, 0.1) is 0 Å². The molecule has 0 saturated carbocycles. The molecule has 0 fully saturated rings. The zero-order valence-corrected chi connectivity index (χ0v) is 11.3. The van der Waals surface area contributed by atoms with Crippen LogP contribution in [0.1, 0.15) is 35.4 Å². The Labute approximate surface area is 114 Å². The van der Waals surface area contributed by atoms with Crippen molar-refractivity contribution in [1.29, 1.82) is 0 Å². The number of furan rings is 1. The number of hydrogen-bond donors (Lipinski definition) is 1. The standard InChI is InChI=1S/C13H14N2O3S/c1-2-3-9-6-12(17)15-13(14-9)19-8-11-5-4-10(7-16)18-11/h4-7H,2-3,8H2,1H3,(H,14,15,17). The van der Waals surface area contributed by atoms with Gasteiger partial charge in [0.05, 0.1) is 5.75 Å². The lowest BCUT2D eigenvalue weighted by Gasteiger charge is -2.02. The van der Waals surface area contributed by atoms with E-state index in [0.717, 1.165) is 18.5 Å². The first-order chi connectivity index (χ1) is 9.21. The van der Waals surface area contributed by atoms with Crippen LogP contribution < -0.4 is 5.56 Å². The van der Waals surface area contributed by atoms with E-state index in [2.05, 4.69) is 9.97 Å². The van der Waals surface area contributed by atoms with Crippen molar-refractivity contribution in [3.63, 3.8) is 0 Å². The number of aryl methyl sites for hydroxylation is 1. The van der Waals surface area contributed by atoms with Gasteiger partial charge in [0.25, 0.3) is 5.56 Å². The van der Waals surface area contributed by atoms with Gasteiger partial charge in [0, 0.05) is 11.8 Å². The number of aromatic nitrogens is 2. The Kier molecular flexibility index (Phi) is 4.57. The van der Waals surface area contributed by atoms with Crippen LogP contribution in [-0.2, 0) is 12.2 Å². The highest BCUT2D eigenvalue weighted by atomic mass is 32.2. The van der Waals surface area contributed by atoms with Crippen molar-refractivity contribution in [2.24, 2.45) is 0 Å². The van der Waals surface area contributed by atoms with Crippen molar-refractivity contribution in [1.82, 2.24) is 9.97 Å². The Hall–Kier alpha value is -1.82. The fraction of sp³-hybridized carbons (Fsp3) is 0.308. The van der Waals surface area contributed by atoms with Crippen molar-refractivity contribution in [3.05, 3.63) is 45.8 Å². The quantitative estimate of drug-likeness (QED) is 0.499. The van der Waals surface area contributed by atoms with Gasteiger partial charge in [0.15, 0.2) is 17.2 Å². The molecule has 0 spiro atoms. The lowest BCUT2D eigenvalue weighted by Crippen LogP contribution is -2.09. The van der Waals surface area contributed by atoms with Gasteiger partial charge in [-0.05, 0) is 18.6 Å². The maximum Gasteiger partial charge on any atom is 0.251 e. The minimum absolute atomic E-state index is 0.144. The predicted octanol–water partition coefficient (Wildman–Crippen LogP) is 2.42. The zero-order valence-electron chi connectivity index (χ0n) is 10.5. The van der Waals surface area contributed by atoms with Crippen LogP contribution >= 0.6 is 11.8 Å². The highest BCUT2D eigenvalue weighted by Crippen LogP contribution is 2.19. The molecular formula is C13H14N2O3S. The van der Waals surface area contributed by atoms with E-state index < -0.39 is 0 Å². The monoisotopic (exact) mass is 278 g/mol. The Bertz CT molecular complexity index is 618. The largest absolute Gasteiger partial charge is 0.457 e. The van der Waals surface area contributed by atoms with Crippen molar-refractivity contribution in [2.45, 2.75) is 30.7 Å². The van der Waals surface area contributed by atoms with E-state index in [9.17, 15) is 9.59 Å². The van der Waals surface area contributed by atoms with Crippen molar-refractivity contribution in [2.75, 3.05) is 0 Å². The second-order valence-electron chi connectivity index (χ2n) is 4.00. The first kappa shape index (κ1) is 13.6. The smallest absolute Gasteiger partial charge is 0.251 e. The molecule has 0 amide bonds. The Balaban J connectivity index is 2.06. The van der Waals surface area contributed by atoms with Gasteiger partial charge in [-0.2, -0.15) is 0 Å². The first-order valence-corrected chi connectivity index (χ1v) is 6.96. The van der Waals surface area contributed by atoms with E-state index in [0.29, 0.717) is 28.7 Å². The second-order valence-corrected chi connectivity index (χ2v) is 4.97. The summed E-state index contributed by atoms with van der Waals surface area (Å²) in [4.78, 5) is 29.0. The topological polar surface area (TPSA) is 76.0 Å². The molecule has 0 radical (unpaired) electrons. The number of carbonyl (C=O) groups is 1. The van der Waals surface area contributed by atoms with E-state index in [-0.39, 0.29) is 5.56 Å². The summed E-state index contributed by atoms with van der Waals surface area (Å²) in [6.45, 7) is 2.04. The summed E-state index contributed by atoms with van der Waals surface area (Å²) in [5.74, 6) is 1.50. The molecule has 2 aromatic heterocycles. The third kappa shape index (κ3) is 3.82. The van der Waals surface area contributed by atoms with Gasteiger partial charge in [-0.3, -0.25) is 9.59 Å². The molecule has 2 aromatic rings. The Morgan fingerprint density at radius 1 is 1.47 bits per heavy atom. The molecule has 0 bridgehead atoms. The molecule has 100 valence electrons. The van der Waals surface area contributed by atoms with Crippen molar-refractivity contribution >= 4 is 18.0 Å². The number of carbonyl (C=O) groups excluding carboxylic acids is 1. The van der Waals surface area contributed by atoms with E-state index in [1.165, 1.54) is 17.8 Å². The zero-order chi connectivity index (χ0) is 13.7. The predicted molar refractivity (Wildman–Crippen MR) is 72.5 cm³/mol. The van der Waals surface area contributed by atoms with Gasteiger partial charge in [-0.25, -0.2) is 4.98 Å². The molecule has 19 heavy (non-hydrogen) atoms. The van der Waals surface area contributed by atoms with Crippen LogP contribution in [0.2, 0.25) is 0 Å². The number of H-pyrrole nitrogens is 1. The number of nitrogens with zero attached hydrogens (tertiary/aromatic N) is 1. The molecule has 0 unspecified atom stereocenters. The molecule has 0 aliphatic heterocycles. The van der Waals surface area contributed by atoms with Crippen molar-refractivity contribution < 1.29 is 9.21 Å². The molecule has 0 aromatic carbocycles. The average molecular weight is 278 g/mol. The maximum atomic E-state index is 11.5. The second kappa shape index (κ2) is 6.38. The molecule has 0 aliphatic carbocycles. The minimum atomic E-state index is -0.144. The third-order valence-corrected chi connectivity index (χ3v) is 3.32. The van der Waals surface area contributed by atoms with Gasteiger partial charge in [-0.15, -0.1) is 0 Å². The van der Waals surface area contributed by atoms with E-state index in [1.54, 1.807) is 12.1 Å². The highest BCUT2D eigenvalue weighted by molar-refractivity contribution is 7.98. The van der Waals surface area contributed by atoms with Crippen LogP contribution in [0.25, 0.3) is 0 Å². The van der Waals surface area contributed by atoms with Gasteiger partial charge in [0.1, 0.15) is 5.76 Å². The molecule has 2 rings (SSSR count). The summed E-state index contributed by atoms with van der Waals surface area (Å²) in [5.41, 5.74) is 0.649. The average Bonchev–Trinajstić information content (AvgIpc) is 2.84. The van der Waals surface area contributed by atoms with E-state index >= 15 is 0 Å². The summed E-state index contributed by atoms with van der Waals surface area (Å²) < 4.78 is 5.25. The van der Waals surface area contributed by atoms with Gasteiger partial charge < -0.3 is 9.40 Å². The molecule has 1 N–H and O–H groups in total. The molecule has 0 aliphatic rings. The molecular weight excluding hydrogens is 264 g/mol. The summed E-state index contributed by atoms with van der Waals surface area (Å²) in [7, 11) is 0. The Morgan fingerprint density at radius 2 is 2.32 bits per heavy atom. The summed E-state index contributed by atoms with van der Waals surface area (Å²) >= 11 is 1.38. The van der Waals surface area contributed by atoms with Crippen LogP contribution in [0.15, 0.2) is 32.6 Å². The van der Waals surface area contributed by atoms with Crippen molar-refractivity contribution in [3.8, 4) is 0 Å². The number of nitrogens with one attached hydrogen (secondary N) is 1. The lowest BCUT2D eigenvalue weighted by atomic mass is 10.2. The van der Waals surface area contributed by atoms with Crippen LogP contribution in [0.4, 0.5) is 0 Å². The summed E-state index contributed by atoms with van der Waals surface area (Å²) in [5, 5.41) is 0.569. The fourth-order valence-electron chi connectivity index (χ4n) is 1.61. The van der Waals surface area contributed by atoms with Crippen LogP contribution in [0.5, 0.6) is 0 Å². The molecule has 5 nitrogen and oxygen atoms in total. The summed E-state index contributed by atoms with van der Waals surface area (Å²) in [6.07, 6.45) is 2.39. The third-order valence-electron chi connectivity index (χ3n) is 2.43. The number of thioether (sulfide) groups is 1. The van der Waals surface area contributed by atoms with Crippen LogP contribution in [0.3, 0.4) is 0 Å². The SMILES string of the molecule is CCCc1cc(=O)[nH]c(SCc2ccc(C=O)o2)n1. The molecule has 6 heteroatoms. The van der Waals surface area contributed by atoms with E-state index in [4.69, 9.17) is 4.42 Å². The molecule has 2 heterocycles. The number of hydrogen-bond acceptors (Lipinski definition) is 5. The first-order valence-electron chi connectivity index (χ1n) is 5.98. The van der Waals surface area contributed by atoms with Gasteiger partial charge >= 0.3 is 0 Å². The molecule has 0 saturated heterocycles. The number of rotatable bonds is 6. The maximum absolute atomic E-state index is 11.5. The number of aromatic amines is 1. The van der Waals surface area contributed by atoms with Gasteiger partial charge in [0.2, 0.25) is 0 Å². The highest BCUT2D eigenvalue weighted by Gasteiger charge is 2.05. The van der Waals surface area contributed by atoms with Gasteiger partial charge in [-0.1, -0.05) is 25.1 Å². The fourth-order valence-corrected chi connectivity index (χ4v) is 2.40. The summed E-state index contributed by atoms with van der Waals surface area (Å²) in [6, 6.07) is 4.88. The normalized spacial score (nSPS) is 10.6. The number of aldehydes is 1. The van der Waals surface area contributed by atoms with E-state index in [1.807, 2.05) is 6.92 Å². The molecule has 0 atom stereocenters.